The summed E-state index contributed by atoms with van der Waals surface area (Å²) in [4.78, 5) is 23.1. The fourth-order valence-electron chi connectivity index (χ4n) is 2.49. The van der Waals surface area contributed by atoms with Crippen molar-refractivity contribution >= 4 is 40.3 Å². The molecule has 1 aliphatic carbocycles. The number of amides is 1. The highest BCUT2D eigenvalue weighted by Crippen LogP contribution is 2.33. The van der Waals surface area contributed by atoms with Gasteiger partial charge in [-0.2, -0.15) is 0 Å². The summed E-state index contributed by atoms with van der Waals surface area (Å²) < 4.78 is 0. The van der Waals surface area contributed by atoms with E-state index >= 15 is 0 Å². The Bertz CT molecular complexity index is 757. The zero-order valence-corrected chi connectivity index (χ0v) is 15.0. The highest BCUT2D eigenvalue weighted by atomic mass is 32.1. The van der Waals surface area contributed by atoms with E-state index in [0.29, 0.717) is 22.3 Å². The summed E-state index contributed by atoms with van der Waals surface area (Å²) in [5, 5.41) is 13.6. The minimum Gasteiger partial charge on any atom is -0.399 e. The smallest absolute Gasteiger partial charge is 0.280 e. The molecule has 0 radical (unpaired) electrons. The number of unbranched alkanes of at least 4 members (excludes halogenated alkanes) is 1. The molecule has 0 saturated heterocycles. The molecule has 2 aromatic heterocycles. The van der Waals surface area contributed by atoms with E-state index in [9.17, 15) is 4.79 Å². The van der Waals surface area contributed by atoms with Crippen molar-refractivity contribution in [2.24, 2.45) is 0 Å². The van der Waals surface area contributed by atoms with Gasteiger partial charge in [-0.15, -0.1) is 11.3 Å². The van der Waals surface area contributed by atoms with Gasteiger partial charge in [-0.3, -0.25) is 15.1 Å². The van der Waals surface area contributed by atoms with Crippen LogP contribution in [0.4, 0.5) is 17.3 Å². The predicted molar refractivity (Wildman–Crippen MR) is 101 cm³/mol. The number of carbonyl (C=O) groups excluding carboxylic acids is 1. The first-order valence-electron chi connectivity index (χ1n) is 8.43. The highest BCUT2D eigenvalue weighted by molar-refractivity contribution is 7.12. The Kier molecular flexibility index (Phi) is 5.28. The van der Waals surface area contributed by atoms with Gasteiger partial charge >= 0.3 is 0 Å². The normalized spacial score (nSPS) is 13.5. The third-order valence-electron chi connectivity index (χ3n) is 3.91. The second-order valence-corrected chi connectivity index (χ2v) is 6.94. The minimum atomic E-state index is -0.380. The molecule has 0 bridgehead atoms. The molecule has 1 fully saturated rings. The van der Waals surface area contributed by atoms with Gasteiger partial charge in [0.1, 0.15) is 16.6 Å². The van der Waals surface area contributed by atoms with Crippen LogP contribution in [0.15, 0.2) is 23.7 Å². The number of nitrogens with two attached hydrogens (primary N) is 1. The minimum absolute atomic E-state index is 0.0746. The number of thiazole rings is 1. The molecule has 0 aliphatic heterocycles. The van der Waals surface area contributed by atoms with Crippen molar-refractivity contribution in [1.82, 2.24) is 9.97 Å². The quantitative estimate of drug-likeness (QED) is 0.497. The third-order valence-corrected chi connectivity index (χ3v) is 4.70. The molecule has 0 unspecified atom stereocenters. The number of anilines is 3. The molecule has 0 atom stereocenters. The maximum absolute atomic E-state index is 12.9. The van der Waals surface area contributed by atoms with E-state index < -0.39 is 0 Å². The fraction of sp³-hybridized carbons (Fsp3) is 0.412. The van der Waals surface area contributed by atoms with E-state index in [0.717, 1.165) is 32.2 Å². The van der Waals surface area contributed by atoms with Crippen molar-refractivity contribution < 1.29 is 4.79 Å². The van der Waals surface area contributed by atoms with Crippen LogP contribution in [0.25, 0.3) is 0 Å². The lowest BCUT2D eigenvalue weighted by molar-refractivity contribution is -0.112. The van der Waals surface area contributed by atoms with E-state index in [2.05, 4.69) is 22.2 Å². The molecule has 7 nitrogen and oxygen atoms in total. The van der Waals surface area contributed by atoms with Gasteiger partial charge in [0, 0.05) is 42.0 Å². The van der Waals surface area contributed by atoms with Crippen molar-refractivity contribution in [3.63, 3.8) is 0 Å². The molecule has 8 heteroatoms. The summed E-state index contributed by atoms with van der Waals surface area (Å²) >= 11 is 1.28. The average molecular weight is 358 g/mol. The SMILES string of the molecule is CCCCNc1cc(N)cc(N(C(=O)C(=N)c2nccs2)C2CC2)n1. The summed E-state index contributed by atoms with van der Waals surface area (Å²) in [5.74, 6) is 0.769. The lowest BCUT2D eigenvalue weighted by Crippen LogP contribution is -2.39. The van der Waals surface area contributed by atoms with Crippen LogP contribution < -0.4 is 16.0 Å². The molecule has 3 rings (SSSR count). The molecule has 2 aromatic rings. The Morgan fingerprint density at radius 1 is 1.48 bits per heavy atom. The van der Waals surface area contributed by atoms with Crippen LogP contribution >= 0.6 is 11.3 Å². The largest absolute Gasteiger partial charge is 0.399 e. The summed E-state index contributed by atoms with van der Waals surface area (Å²) in [7, 11) is 0. The van der Waals surface area contributed by atoms with Crippen molar-refractivity contribution in [2.45, 2.75) is 38.6 Å². The van der Waals surface area contributed by atoms with Gasteiger partial charge in [-0.1, -0.05) is 13.3 Å². The number of hydrogen-bond donors (Lipinski definition) is 3. The monoisotopic (exact) mass is 358 g/mol. The summed E-state index contributed by atoms with van der Waals surface area (Å²) in [6.07, 6.45) is 5.53. The maximum atomic E-state index is 12.9. The second-order valence-electron chi connectivity index (χ2n) is 6.04. The van der Waals surface area contributed by atoms with Crippen molar-refractivity contribution in [3.05, 3.63) is 28.7 Å². The number of hydrogen-bond acceptors (Lipinski definition) is 7. The topological polar surface area (TPSA) is 108 Å². The van der Waals surface area contributed by atoms with Crippen LogP contribution in [0.1, 0.15) is 37.6 Å². The lowest BCUT2D eigenvalue weighted by Gasteiger charge is -2.22. The Morgan fingerprint density at radius 2 is 2.28 bits per heavy atom. The van der Waals surface area contributed by atoms with Crippen molar-refractivity contribution in [2.75, 3.05) is 22.5 Å². The van der Waals surface area contributed by atoms with Crippen LogP contribution in [0.2, 0.25) is 0 Å². The summed E-state index contributed by atoms with van der Waals surface area (Å²) in [5.41, 5.74) is 6.45. The zero-order valence-electron chi connectivity index (χ0n) is 14.2. The molecular weight excluding hydrogens is 336 g/mol. The number of pyridine rings is 1. The molecule has 132 valence electrons. The molecule has 1 amide bonds. The van der Waals surface area contributed by atoms with Crippen LogP contribution in [0.3, 0.4) is 0 Å². The molecule has 0 aromatic carbocycles. The molecule has 1 aliphatic rings. The number of nitrogens with zero attached hydrogens (tertiary/aromatic N) is 3. The molecule has 2 heterocycles. The number of aromatic nitrogens is 2. The standard InChI is InChI=1S/C17H22N6OS/c1-2-3-6-20-13-9-11(18)10-14(22-13)23(12-4-5-12)17(24)15(19)16-21-7-8-25-16/h7-10,12,19H,2-6H2,1H3,(H3,18,20,22). The molecular formula is C17H22N6OS. The Balaban J connectivity index is 1.85. The Morgan fingerprint density at radius 3 is 2.92 bits per heavy atom. The van der Waals surface area contributed by atoms with Gasteiger partial charge in [0.2, 0.25) is 0 Å². The third kappa shape index (κ3) is 4.14. The lowest BCUT2D eigenvalue weighted by atomic mass is 10.2. The fourth-order valence-corrected chi connectivity index (χ4v) is 3.07. The van der Waals surface area contributed by atoms with Crippen molar-refractivity contribution in [1.29, 1.82) is 5.41 Å². The number of nitrogens with one attached hydrogen (secondary N) is 2. The van der Waals surface area contributed by atoms with E-state index in [1.54, 1.807) is 28.6 Å². The molecule has 0 spiro atoms. The average Bonchev–Trinajstić information content (AvgIpc) is 3.26. The van der Waals surface area contributed by atoms with Gasteiger partial charge in [0.05, 0.1) is 0 Å². The first-order valence-corrected chi connectivity index (χ1v) is 9.31. The maximum Gasteiger partial charge on any atom is 0.280 e. The van der Waals surface area contributed by atoms with Crippen LogP contribution in [0.5, 0.6) is 0 Å². The first kappa shape index (κ1) is 17.3. The van der Waals surface area contributed by atoms with Gasteiger partial charge in [-0.05, 0) is 19.3 Å². The second kappa shape index (κ2) is 7.60. The van der Waals surface area contributed by atoms with Crippen LogP contribution in [0, 0.1) is 5.41 Å². The van der Waals surface area contributed by atoms with Gasteiger partial charge in [-0.25, -0.2) is 9.97 Å². The van der Waals surface area contributed by atoms with E-state index in [1.165, 1.54) is 11.3 Å². The number of nitrogen functional groups attached to an aromatic ring is 1. The van der Waals surface area contributed by atoms with Gasteiger partial charge in [0.15, 0.2) is 5.71 Å². The highest BCUT2D eigenvalue weighted by Gasteiger charge is 2.37. The Labute approximate surface area is 150 Å². The van der Waals surface area contributed by atoms with Gasteiger partial charge in [0.25, 0.3) is 5.91 Å². The zero-order chi connectivity index (χ0) is 17.8. The number of carbonyl (C=O) groups is 1. The summed E-state index contributed by atoms with van der Waals surface area (Å²) in [6, 6.07) is 3.53. The number of rotatable bonds is 8. The molecule has 25 heavy (non-hydrogen) atoms. The van der Waals surface area contributed by atoms with Crippen LogP contribution in [-0.4, -0.2) is 34.2 Å². The molecule has 1 saturated carbocycles. The summed E-state index contributed by atoms with van der Waals surface area (Å²) in [6.45, 7) is 2.93. The van der Waals surface area contributed by atoms with Gasteiger partial charge < -0.3 is 11.1 Å². The van der Waals surface area contributed by atoms with Crippen LogP contribution in [-0.2, 0) is 4.79 Å². The van der Waals surface area contributed by atoms with Crippen molar-refractivity contribution in [3.8, 4) is 0 Å². The Hall–Kier alpha value is -2.48. The molecule has 4 N–H and O–H groups in total. The predicted octanol–water partition coefficient (Wildman–Crippen LogP) is 2.90. The van der Waals surface area contributed by atoms with E-state index in [-0.39, 0.29) is 17.7 Å². The van der Waals surface area contributed by atoms with E-state index in [1.807, 2.05) is 0 Å². The van der Waals surface area contributed by atoms with E-state index in [4.69, 9.17) is 11.1 Å². The first-order chi connectivity index (χ1) is 12.1.